The number of ether oxygens (including phenoxy) is 2. The Kier molecular flexibility index (Phi) is 5.19. The standard InChI is InChI=1S/C17H20BrFN2O4/c1-2-17(20-14(10-24-17)16(22)23)21-7-5-12(6-8-21)25-15-9-11(19)3-4-13(15)18/h3-4,9-10,12,20H,2,5-8H2,1H3,(H,22,23). The lowest BCUT2D eigenvalue weighted by Crippen LogP contribution is -2.60. The molecule has 1 fully saturated rings. The van der Waals surface area contributed by atoms with Crippen molar-refractivity contribution in [1.82, 2.24) is 10.2 Å². The van der Waals surface area contributed by atoms with Gasteiger partial charge in [0.2, 0.25) is 5.85 Å². The minimum absolute atomic E-state index is 0.0310. The maximum absolute atomic E-state index is 13.4. The maximum atomic E-state index is 13.4. The molecule has 8 heteroatoms. The van der Waals surface area contributed by atoms with Crippen molar-refractivity contribution >= 4 is 21.9 Å². The summed E-state index contributed by atoms with van der Waals surface area (Å²) in [7, 11) is 0. The number of carboxylic acid groups (broad SMARTS) is 1. The van der Waals surface area contributed by atoms with Gasteiger partial charge in [-0.3, -0.25) is 0 Å². The highest BCUT2D eigenvalue weighted by Gasteiger charge is 2.44. The normalized spacial score (nSPS) is 24.4. The van der Waals surface area contributed by atoms with E-state index in [1.807, 2.05) is 6.92 Å². The number of carboxylic acids is 1. The molecule has 0 saturated carbocycles. The third kappa shape index (κ3) is 3.74. The Hall–Kier alpha value is -1.80. The summed E-state index contributed by atoms with van der Waals surface area (Å²) >= 11 is 3.37. The van der Waals surface area contributed by atoms with Crippen molar-refractivity contribution in [2.24, 2.45) is 0 Å². The van der Waals surface area contributed by atoms with Gasteiger partial charge in [0.15, 0.2) is 5.70 Å². The molecule has 2 aliphatic heterocycles. The van der Waals surface area contributed by atoms with Gasteiger partial charge < -0.3 is 19.9 Å². The predicted octanol–water partition coefficient (Wildman–Crippen LogP) is 3.04. The van der Waals surface area contributed by atoms with E-state index in [0.717, 1.165) is 17.3 Å². The summed E-state index contributed by atoms with van der Waals surface area (Å²) < 4.78 is 25.7. The Morgan fingerprint density at radius 3 is 2.84 bits per heavy atom. The summed E-state index contributed by atoms with van der Waals surface area (Å²) in [4.78, 5) is 13.2. The molecule has 1 atom stereocenters. The Balaban J connectivity index is 1.60. The maximum Gasteiger partial charge on any atom is 0.355 e. The molecule has 0 bridgehead atoms. The number of piperidine rings is 1. The van der Waals surface area contributed by atoms with Crippen LogP contribution < -0.4 is 10.1 Å². The molecule has 0 aliphatic carbocycles. The third-order valence-corrected chi connectivity index (χ3v) is 5.21. The molecule has 0 radical (unpaired) electrons. The van der Waals surface area contributed by atoms with Crippen molar-refractivity contribution in [2.45, 2.75) is 38.1 Å². The fraction of sp³-hybridized carbons (Fsp3) is 0.471. The van der Waals surface area contributed by atoms with Gasteiger partial charge >= 0.3 is 5.97 Å². The first kappa shape index (κ1) is 18.0. The lowest BCUT2D eigenvalue weighted by molar-refractivity contribution is -0.141. The van der Waals surface area contributed by atoms with Crippen LogP contribution in [0.4, 0.5) is 4.39 Å². The zero-order chi connectivity index (χ0) is 18.0. The second-order valence-electron chi connectivity index (χ2n) is 6.10. The number of hydrogen-bond acceptors (Lipinski definition) is 5. The minimum Gasteiger partial charge on any atom is -0.489 e. The van der Waals surface area contributed by atoms with Crippen molar-refractivity contribution in [3.05, 3.63) is 40.4 Å². The highest BCUT2D eigenvalue weighted by atomic mass is 79.9. The molecule has 6 nitrogen and oxygen atoms in total. The van der Waals surface area contributed by atoms with E-state index in [0.29, 0.717) is 25.3 Å². The lowest BCUT2D eigenvalue weighted by atomic mass is 10.1. The van der Waals surface area contributed by atoms with E-state index in [9.17, 15) is 9.18 Å². The van der Waals surface area contributed by atoms with Crippen LogP contribution >= 0.6 is 15.9 Å². The number of nitrogens with one attached hydrogen (secondary N) is 1. The molecule has 1 saturated heterocycles. The van der Waals surface area contributed by atoms with Gasteiger partial charge in [0.25, 0.3) is 0 Å². The van der Waals surface area contributed by atoms with Crippen LogP contribution in [0.1, 0.15) is 26.2 Å². The first-order valence-corrected chi connectivity index (χ1v) is 8.99. The third-order valence-electron chi connectivity index (χ3n) is 4.55. The zero-order valence-corrected chi connectivity index (χ0v) is 15.4. The Morgan fingerprint density at radius 1 is 1.52 bits per heavy atom. The summed E-state index contributed by atoms with van der Waals surface area (Å²) in [6.45, 7) is 3.30. The minimum atomic E-state index is -1.04. The summed E-state index contributed by atoms with van der Waals surface area (Å²) in [6, 6.07) is 4.37. The predicted molar refractivity (Wildman–Crippen MR) is 92.3 cm³/mol. The molecular formula is C17H20BrFN2O4. The van der Waals surface area contributed by atoms with Crippen LogP contribution in [0.25, 0.3) is 0 Å². The van der Waals surface area contributed by atoms with Gasteiger partial charge in [0.1, 0.15) is 23.9 Å². The van der Waals surface area contributed by atoms with Crippen molar-refractivity contribution in [3.63, 3.8) is 0 Å². The Morgan fingerprint density at radius 2 is 2.24 bits per heavy atom. The van der Waals surface area contributed by atoms with Crippen LogP contribution in [0, 0.1) is 5.82 Å². The van der Waals surface area contributed by atoms with Crippen molar-refractivity contribution in [3.8, 4) is 5.75 Å². The number of hydrogen-bond donors (Lipinski definition) is 2. The van der Waals surface area contributed by atoms with Gasteiger partial charge in [-0.25, -0.2) is 14.1 Å². The number of likely N-dealkylation sites (tertiary alicyclic amines) is 1. The van der Waals surface area contributed by atoms with Crippen LogP contribution in [0.3, 0.4) is 0 Å². The highest BCUT2D eigenvalue weighted by Crippen LogP contribution is 2.32. The molecule has 0 amide bonds. The van der Waals surface area contributed by atoms with E-state index in [-0.39, 0.29) is 17.6 Å². The van der Waals surface area contributed by atoms with Crippen molar-refractivity contribution in [1.29, 1.82) is 0 Å². The van der Waals surface area contributed by atoms with Gasteiger partial charge in [0.05, 0.1) is 4.47 Å². The molecule has 3 rings (SSSR count). The topological polar surface area (TPSA) is 71.0 Å². The van der Waals surface area contributed by atoms with Gasteiger partial charge in [-0.2, -0.15) is 0 Å². The summed E-state index contributed by atoms with van der Waals surface area (Å²) in [5, 5.41) is 12.1. The number of benzene rings is 1. The summed E-state index contributed by atoms with van der Waals surface area (Å²) in [5.41, 5.74) is 0.0592. The SMILES string of the molecule is CCC1(N2CCC(Oc3cc(F)ccc3Br)CC2)NC(C(=O)O)=CO1. The molecule has 0 aromatic heterocycles. The van der Waals surface area contributed by atoms with Crippen LogP contribution in [0.2, 0.25) is 0 Å². The number of carbonyl (C=O) groups is 1. The van der Waals surface area contributed by atoms with Crippen LogP contribution in [0.15, 0.2) is 34.6 Å². The van der Waals surface area contributed by atoms with Gasteiger partial charge in [-0.1, -0.05) is 6.92 Å². The highest BCUT2D eigenvalue weighted by molar-refractivity contribution is 9.10. The molecular weight excluding hydrogens is 395 g/mol. The Labute approximate surface area is 153 Å². The van der Waals surface area contributed by atoms with E-state index in [1.54, 1.807) is 6.07 Å². The molecule has 1 aromatic rings. The molecule has 2 N–H and O–H groups in total. The molecule has 25 heavy (non-hydrogen) atoms. The zero-order valence-electron chi connectivity index (χ0n) is 13.8. The first-order chi connectivity index (χ1) is 11.9. The average molecular weight is 415 g/mol. The smallest absolute Gasteiger partial charge is 0.355 e. The first-order valence-electron chi connectivity index (χ1n) is 8.20. The molecule has 136 valence electrons. The molecule has 2 heterocycles. The lowest BCUT2D eigenvalue weighted by Gasteiger charge is -2.43. The van der Waals surface area contributed by atoms with Crippen molar-refractivity contribution in [2.75, 3.05) is 13.1 Å². The number of halogens is 2. The number of nitrogens with zero attached hydrogens (tertiary/aromatic N) is 1. The van der Waals surface area contributed by atoms with Gasteiger partial charge in [0, 0.05) is 25.6 Å². The summed E-state index contributed by atoms with van der Waals surface area (Å²) in [5.74, 6) is -1.70. The molecule has 1 unspecified atom stereocenters. The summed E-state index contributed by atoms with van der Waals surface area (Å²) in [6.07, 6.45) is 3.30. The van der Waals surface area contributed by atoms with E-state index in [2.05, 4.69) is 26.1 Å². The van der Waals surface area contributed by atoms with Crippen LogP contribution in [-0.4, -0.2) is 41.0 Å². The monoisotopic (exact) mass is 414 g/mol. The average Bonchev–Trinajstić information content (AvgIpc) is 3.05. The molecule has 0 spiro atoms. The van der Waals surface area contributed by atoms with E-state index < -0.39 is 11.8 Å². The fourth-order valence-electron chi connectivity index (χ4n) is 3.16. The Bertz CT molecular complexity index is 691. The van der Waals surface area contributed by atoms with E-state index in [4.69, 9.17) is 14.6 Å². The number of aliphatic carboxylic acids is 1. The van der Waals surface area contributed by atoms with E-state index >= 15 is 0 Å². The van der Waals surface area contributed by atoms with Gasteiger partial charge in [-0.15, -0.1) is 0 Å². The van der Waals surface area contributed by atoms with Gasteiger partial charge in [-0.05, 0) is 40.9 Å². The fourth-order valence-corrected chi connectivity index (χ4v) is 3.50. The quantitative estimate of drug-likeness (QED) is 0.771. The van der Waals surface area contributed by atoms with E-state index in [1.165, 1.54) is 18.4 Å². The second kappa shape index (κ2) is 7.21. The second-order valence-corrected chi connectivity index (χ2v) is 6.95. The molecule has 2 aliphatic rings. The van der Waals surface area contributed by atoms with Crippen LogP contribution in [0.5, 0.6) is 5.75 Å². The molecule has 1 aromatic carbocycles. The van der Waals surface area contributed by atoms with Crippen molar-refractivity contribution < 1.29 is 23.8 Å². The number of rotatable bonds is 5. The largest absolute Gasteiger partial charge is 0.489 e. The van der Waals surface area contributed by atoms with Crippen LogP contribution in [-0.2, 0) is 9.53 Å².